The Labute approximate surface area is 115 Å². The van der Waals surface area contributed by atoms with Crippen molar-refractivity contribution in [1.82, 2.24) is 25.1 Å². The summed E-state index contributed by atoms with van der Waals surface area (Å²) in [5, 5.41) is 7.34. The number of halogens is 1. The molecule has 1 N–H and O–H groups in total. The molecule has 0 fully saturated rings. The molecule has 1 amide bonds. The Morgan fingerprint density at radius 2 is 2.11 bits per heavy atom. The third-order valence-corrected chi connectivity index (χ3v) is 3.13. The van der Waals surface area contributed by atoms with Crippen molar-refractivity contribution in [1.29, 1.82) is 0 Å². The van der Waals surface area contributed by atoms with Gasteiger partial charge in [-0.15, -0.1) is 0 Å². The fourth-order valence-corrected chi connectivity index (χ4v) is 1.86. The van der Waals surface area contributed by atoms with Gasteiger partial charge in [-0.1, -0.05) is 11.6 Å². The summed E-state index contributed by atoms with van der Waals surface area (Å²) in [5.41, 5.74) is 3.18. The van der Waals surface area contributed by atoms with Gasteiger partial charge in [0.2, 0.25) is 0 Å². The largest absolute Gasteiger partial charge is 0.346 e. The highest BCUT2D eigenvalue weighted by Gasteiger charge is 2.12. The molecule has 2 aromatic rings. The summed E-state index contributed by atoms with van der Waals surface area (Å²) in [6.07, 6.45) is 2.69. The van der Waals surface area contributed by atoms with Crippen LogP contribution in [0.2, 0.25) is 5.15 Å². The van der Waals surface area contributed by atoms with Crippen molar-refractivity contribution >= 4 is 17.5 Å². The molecule has 0 bridgehead atoms. The van der Waals surface area contributed by atoms with Crippen LogP contribution in [-0.2, 0) is 13.6 Å². The van der Waals surface area contributed by atoms with E-state index in [1.54, 1.807) is 4.68 Å². The molecule has 0 aliphatic heterocycles. The number of hydrogen-bond acceptors (Lipinski definition) is 4. The minimum Gasteiger partial charge on any atom is -0.346 e. The van der Waals surface area contributed by atoms with Gasteiger partial charge in [-0.25, -0.2) is 9.97 Å². The van der Waals surface area contributed by atoms with Gasteiger partial charge in [-0.05, 0) is 13.8 Å². The minimum atomic E-state index is -0.285. The first kappa shape index (κ1) is 13.5. The lowest BCUT2D eigenvalue weighted by Gasteiger charge is -2.05. The maximum atomic E-state index is 11.9. The number of aryl methyl sites for hydroxylation is 2. The molecule has 0 unspecified atom stereocenters. The summed E-state index contributed by atoms with van der Waals surface area (Å²) in [4.78, 5) is 19.6. The Balaban J connectivity index is 2.06. The molecule has 0 aromatic carbocycles. The van der Waals surface area contributed by atoms with Crippen molar-refractivity contribution in [2.75, 3.05) is 0 Å². The van der Waals surface area contributed by atoms with E-state index in [2.05, 4.69) is 20.4 Å². The zero-order valence-electron chi connectivity index (χ0n) is 10.9. The molecule has 0 radical (unpaired) electrons. The first-order valence-electron chi connectivity index (χ1n) is 5.74. The SMILES string of the molecule is Cc1nn(C)c(C)c1CNC(=O)c1cnc(Cl)cn1. The third kappa shape index (κ3) is 2.90. The number of hydrogen-bond donors (Lipinski definition) is 1. The lowest BCUT2D eigenvalue weighted by molar-refractivity contribution is 0.0945. The predicted molar refractivity (Wildman–Crippen MR) is 70.9 cm³/mol. The number of rotatable bonds is 3. The van der Waals surface area contributed by atoms with E-state index in [0.29, 0.717) is 6.54 Å². The van der Waals surface area contributed by atoms with Crippen LogP contribution in [0.3, 0.4) is 0 Å². The average molecular weight is 280 g/mol. The topological polar surface area (TPSA) is 72.7 Å². The number of aromatic nitrogens is 4. The quantitative estimate of drug-likeness (QED) is 0.922. The first-order chi connectivity index (χ1) is 8.99. The molecule has 0 aliphatic rings. The molecule has 19 heavy (non-hydrogen) atoms. The van der Waals surface area contributed by atoms with E-state index in [4.69, 9.17) is 11.6 Å². The Bertz CT molecular complexity index is 605. The Morgan fingerprint density at radius 1 is 1.37 bits per heavy atom. The van der Waals surface area contributed by atoms with Crippen LogP contribution in [0.1, 0.15) is 27.4 Å². The molecule has 7 heteroatoms. The maximum absolute atomic E-state index is 11.9. The standard InChI is InChI=1S/C12H14ClN5O/c1-7-9(8(2)18(3)17-7)4-16-12(19)10-5-15-11(13)6-14-10/h5-6H,4H2,1-3H3,(H,16,19). The molecule has 0 saturated carbocycles. The van der Waals surface area contributed by atoms with E-state index in [1.807, 2.05) is 20.9 Å². The molecule has 0 aliphatic carbocycles. The van der Waals surface area contributed by atoms with Gasteiger partial charge in [0.1, 0.15) is 10.8 Å². The van der Waals surface area contributed by atoms with Gasteiger partial charge in [0.25, 0.3) is 5.91 Å². The Morgan fingerprint density at radius 3 is 2.63 bits per heavy atom. The van der Waals surface area contributed by atoms with Gasteiger partial charge >= 0.3 is 0 Å². The Hall–Kier alpha value is -1.95. The van der Waals surface area contributed by atoms with Crippen LogP contribution in [0.25, 0.3) is 0 Å². The molecular weight excluding hydrogens is 266 g/mol. The van der Waals surface area contributed by atoms with Gasteiger partial charge in [-0.3, -0.25) is 9.48 Å². The fourth-order valence-electron chi connectivity index (χ4n) is 1.76. The van der Waals surface area contributed by atoms with E-state index in [-0.39, 0.29) is 16.8 Å². The number of nitrogens with one attached hydrogen (secondary N) is 1. The van der Waals surface area contributed by atoms with E-state index in [1.165, 1.54) is 12.4 Å². The third-order valence-electron chi connectivity index (χ3n) is 2.94. The van der Waals surface area contributed by atoms with Crippen LogP contribution in [-0.4, -0.2) is 25.7 Å². The van der Waals surface area contributed by atoms with E-state index in [9.17, 15) is 4.79 Å². The Kier molecular flexibility index (Phi) is 3.80. The summed E-state index contributed by atoms with van der Waals surface area (Å²) in [6.45, 7) is 4.29. The molecule has 0 spiro atoms. The smallest absolute Gasteiger partial charge is 0.271 e. The van der Waals surface area contributed by atoms with Crippen molar-refractivity contribution < 1.29 is 4.79 Å². The zero-order chi connectivity index (χ0) is 14.0. The summed E-state index contributed by atoms with van der Waals surface area (Å²) < 4.78 is 1.79. The lowest BCUT2D eigenvalue weighted by atomic mass is 10.2. The molecule has 2 rings (SSSR count). The number of carbonyl (C=O) groups excluding carboxylic acids is 1. The van der Waals surface area contributed by atoms with E-state index >= 15 is 0 Å². The number of amides is 1. The second kappa shape index (κ2) is 5.36. The summed E-state index contributed by atoms with van der Waals surface area (Å²) >= 11 is 5.62. The highest BCUT2D eigenvalue weighted by molar-refractivity contribution is 6.29. The van der Waals surface area contributed by atoms with Crippen LogP contribution in [0.15, 0.2) is 12.4 Å². The summed E-state index contributed by atoms with van der Waals surface area (Å²) in [7, 11) is 1.87. The van der Waals surface area contributed by atoms with E-state index in [0.717, 1.165) is 17.0 Å². The molecule has 0 saturated heterocycles. The van der Waals surface area contributed by atoms with Crippen LogP contribution >= 0.6 is 11.6 Å². The van der Waals surface area contributed by atoms with E-state index < -0.39 is 0 Å². The predicted octanol–water partition coefficient (Wildman–Crippen LogP) is 1.41. The van der Waals surface area contributed by atoms with Gasteiger partial charge in [0, 0.05) is 24.8 Å². The highest BCUT2D eigenvalue weighted by atomic mass is 35.5. The van der Waals surface area contributed by atoms with Crippen LogP contribution < -0.4 is 5.32 Å². The van der Waals surface area contributed by atoms with Crippen molar-refractivity contribution in [2.45, 2.75) is 20.4 Å². The van der Waals surface area contributed by atoms with Gasteiger partial charge in [0.05, 0.1) is 18.1 Å². The van der Waals surface area contributed by atoms with Crippen molar-refractivity contribution in [3.63, 3.8) is 0 Å². The van der Waals surface area contributed by atoms with Crippen LogP contribution in [0.4, 0.5) is 0 Å². The van der Waals surface area contributed by atoms with Crippen LogP contribution in [0.5, 0.6) is 0 Å². The second-order valence-electron chi connectivity index (χ2n) is 4.18. The van der Waals surface area contributed by atoms with Crippen molar-refractivity contribution in [3.05, 3.63) is 40.2 Å². The van der Waals surface area contributed by atoms with Gasteiger partial charge in [0.15, 0.2) is 0 Å². The van der Waals surface area contributed by atoms with Crippen molar-refractivity contribution in [2.24, 2.45) is 7.05 Å². The number of carbonyl (C=O) groups is 1. The molecule has 6 nitrogen and oxygen atoms in total. The lowest BCUT2D eigenvalue weighted by Crippen LogP contribution is -2.24. The van der Waals surface area contributed by atoms with Crippen molar-refractivity contribution in [3.8, 4) is 0 Å². The highest BCUT2D eigenvalue weighted by Crippen LogP contribution is 2.11. The molecular formula is C12H14ClN5O. The van der Waals surface area contributed by atoms with Gasteiger partial charge < -0.3 is 5.32 Å². The summed E-state index contributed by atoms with van der Waals surface area (Å²) in [6, 6.07) is 0. The number of nitrogens with zero attached hydrogens (tertiary/aromatic N) is 4. The summed E-state index contributed by atoms with van der Waals surface area (Å²) in [5.74, 6) is -0.285. The average Bonchev–Trinajstić information content (AvgIpc) is 2.62. The minimum absolute atomic E-state index is 0.239. The fraction of sp³-hybridized carbons (Fsp3) is 0.333. The molecule has 100 valence electrons. The monoisotopic (exact) mass is 279 g/mol. The second-order valence-corrected chi connectivity index (χ2v) is 4.57. The zero-order valence-corrected chi connectivity index (χ0v) is 11.7. The molecule has 2 aromatic heterocycles. The normalized spacial score (nSPS) is 10.5. The molecule has 0 atom stereocenters. The van der Waals surface area contributed by atoms with Crippen LogP contribution in [0, 0.1) is 13.8 Å². The molecule has 2 heterocycles. The van der Waals surface area contributed by atoms with Gasteiger partial charge in [-0.2, -0.15) is 5.10 Å². The first-order valence-corrected chi connectivity index (χ1v) is 6.11. The maximum Gasteiger partial charge on any atom is 0.271 e.